The van der Waals surface area contributed by atoms with Gasteiger partial charge in [0, 0.05) is 38.1 Å². The van der Waals surface area contributed by atoms with E-state index in [0.717, 1.165) is 54.5 Å². The van der Waals surface area contributed by atoms with E-state index in [9.17, 15) is 9.90 Å². The van der Waals surface area contributed by atoms with Gasteiger partial charge in [-0.2, -0.15) is 0 Å². The number of halogens is 1. The summed E-state index contributed by atoms with van der Waals surface area (Å²) in [6.45, 7) is 6.49. The number of aromatic hydroxyl groups is 1. The highest BCUT2D eigenvalue weighted by molar-refractivity contribution is 6.06. The van der Waals surface area contributed by atoms with Gasteiger partial charge in [-0.1, -0.05) is 25.1 Å². The Morgan fingerprint density at radius 3 is 2.41 bits per heavy atom. The Morgan fingerprint density at radius 2 is 1.74 bits per heavy atom. The van der Waals surface area contributed by atoms with Gasteiger partial charge in [0.25, 0.3) is 0 Å². The highest BCUT2D eigenvalue weighted by Gasteiger charge is 2.21. The second-order valence-electron chi connectivity index (χ2n) is 7.11. The van der Waals surface area contributed by atoms with Crippen molar-refractivity contribution in [3.05, 3.63) is 51.9 Å². The molecule has 0 bridgehead atoms. The highest BCUT2D eigenvalue weighted by atomic mass is 79.9. The van der Waals surface area contributed by atoms with Crippen molar-refractivity contribution in [1.82, 2.24) is 9.80 Å². The molecule has 5 nitrogen and oxygen atoms in total. The number of likely N-dealkylation sites (N-methyl/N-ethyl adjacent to an activating group) is 1. The maximum Gasteiger partial charge on any atom is 0.344 e. The summed E-state index contributed by atoms with van der Waals surface area (Å²) in [6.07, 6.45) is 0.727. The number of hydrogen-bond acceptors (Lipinski definition) is 5. The summed E-state index contributed by atoms with van der Waals surface area (Å²) in [7, 11) is 2.12. The number of phenols is 1. The number of piperazine rings is 1. The van der Waals surface area contributed by atoms with Crippen molar-refractivity contribution in [3.8, 4) is 5.75 Å². The normalized spacial score (nSPS) is 15.9. The van der Waals surface area contributed by atoms with E-state index in [0.29, 0.717) is 17.5 Å². The molecule has 2 aromatic carbocycles. The fraction of sp³-hybridized carbons (Fsp3) is 0.381. The minimum Gasteiger partial charge on any atom is -1.00 e. The Kier molecular flexibility index (Phi) is 5.89. The van der Waals surface area contributed by atoms with E-state index in [-0.39, 0.29) is 28.4 Å². The molecule has 0 spiro atoms. The van der Waals surface area contributed by atoms with Crippen LogP contribution in [0.2, 0.25) is 0 Å². The quantitative estimate of drug-likeness (QED) is 0.466. The molecule has 144 valence electrons. The van der Waals surface area contributed by atoms with Crippen LogP contribution in [0.1, 0.15) is 18.1 Å². The second kappa shape index (κ2) is 8.00. The van der Waals surface area contributed by atoms with Gasteiger partial charge < -0.3 is 31.4 Å². The molecular weight excluding hydrogens is 408 g/mol. The van der Waals surface area contributed by atoms with E-state index in [2.05, 4.69) is 16.8 Å². The molecule has 0 aliphatic carbocycles. The molecule has 1 saturated heterocycles. The Bertz CT molecular complexity index is 1020. The van der Waals surface area contributed by atoms with Gasteiger partial charge in [0.2, 0.25) is 0 Å². The van der Waals surface area contributed by atoms with E-state index in [1.54, 1.807) is 6.07 Å². The van der Waals surface area contributed by atoms with Gasteiger partial charge >= 0.3 is 5.63 Å². The molecule has 3 aromatic rings. The van der Waals surface area contributed by atoms with Crippen LogP contribution in [0.5, 0.6) is 5.75 Å². The fourth-order valence-corrected chi connectivity index (χ4v) is 3.78. The van der Waals surface area contributed by atoms with Gasteiger partial charge in [0.05, 0.1) is 10.9 Å². The first-order chi connectivity index (χ1) is 12.6. The van der Waals surface area contributed by atoms with E-state index < -0.39 is 0 Å². The third-order valence-electron chi connectivity index (χ3n) is 5.42. The number of rotatable bonds is 3. The van der Waals surface area contributed by atoms with Crippen LogP contribution in [0, 0.1) is 0 Å². The van der Waals surface area contributed by atoms with Crippen LogP contribution in [0.15, 0.2) is 39.5 Å². The largest absolute Gasteiger partial charge is 1.00 e. The summed E-state index contributed by atoms with van der Waals surface area (Å²) in [5.41, 5.74) is 1.78. The maximum atomic E-state index is 12.5. The first kappa shape index (κ1) is 19.9. The molecule has 0 saturated carbocycles. The molecule has 27 heavy (non-hydrogen) atoms. The zero-order valence-electron chi connectivity index (χ0n) is 15.7. The monoisotopic (exact) mass is 431 g/mol. The van der Waals surface area contributed by atoms with Crippen LogP contribution in [0.4, 0.5) is 0 Å². The SMILES string of the molecule is CCc1cc2c(oc(=O)c3ccccc32)c(CN2CCN(C)CC2)c1O.[Br-]. The molecule has 6 heteroatoms. The molecule has 1 aliphatic heterocycles. The summed E-state index contributed by atoms with van der Waals surface area (Å²) in [5.74, 6) is 0.261. The minimum absolute atomic E-state index is 0. The molecule has 4 rings (SSSR count). The zero-order chi connectivity index (χ0) is 18.3. The molecule has 1 aromatic heterocycles. The topological polar surface area (TPSA) is 56.9 Å². The minimum atomic E-state index is -0.351. The number of benzene rings is 2. The van der Waals surface area contributed by atoms with Crippen LogP contribution in [0.3, 0.4) is 0 Å². The van der Waals surface area contributed by atoms with Crippen LogP contribution >= 0.6 is 0 Å². The first-order valence-corrected chi connectivity index (χ1v) is 9.18. The maximum absolute atomic E-state index is 12.5. The lowest BCUT2D eigenvalue weighted by Gasteiger charge is -2.32. The fourth-order valence-electron chi connectivity index (χ4n) is 3.78. The lowest BCUT2D eigenvalue weighted by Crippen LogP contribution is -3.00. The Balaban J connectivity index is 0.00000210. The summed E-state index contributed by atoms with van der Waals surface area (Å²) in [5, 5.41) is 13.2. The molecule has 1 aliphatic rings. The van der Waals surface area contributed by atoms with E-state index in [1.807, 2.05) is 31.2 Å². The van der Waals surface area contributed by atoms with Gasteiger partial charge in [-0.15, -0.1) is 0 Å². The summed E-state index contributed by atoms with van der Waals surface area (Å²) in [4.78, 5) is 17.1. The van der Waals surface area contributed by atoms with Crippen molar-refractivity contribution >= 4 is 21.7 Å². The van der Waals surface area contributed by atoms with E-state index >= 15 is 0 Å². The molecule has 2 heterocycles. The van der Waals surface area contributed by atoms with Crippen molar-refractivity contribution in [3.63, 3.8) is 0 Å². The van der Waals surface area contributed by atoms with Gasteiger partial charge in [-0.25, -0.2) is 4.79 Å². The number of hydrogen-bond donors (Lipinski definition) is 1. The van der Waals surface area contributed by atoms with Gasteiger partial charge in [-0.05, 0) is 36.6 Å². The van der Waals surface area contributed by atoms with E-state index in [4.69, 9.17) is 4.42 Å². The van der Waals surface area contributed by atoms with Crippen LogP contribution in [-0.4, -0.2) is 48.1 Å². The molecule has 0 amide bonds. The van der Waals surface area contributed by atoms with Gasteiger partial charge in [-0.3, -0.25) is 4.90 Å². The van der Waals surface area contributed by atoms with Crippen molar-refractivity contribution < 1.29 is 26.5 Å². The zero-order valence-corrected chi connectivity index (χ0v) is 17.3. The van der Waals surface area contributed by atoms with Gasteiger partial charge in [0.1, 0.15) is 11.3 Å². The second-order valence-corrected chi connectivity index (χ2v) is 7.11. The number of aryl methyl sites for hydroxylation is 1. The number of fused-ring (bicyclic) bond motifs is 3. The summed E-state index contributed by atoms with van der Waals surface area (Å²) < 4.78 is 5.70. The number of phenolic OH excluding ortho intramolecular Hbond substituents is 1. The predicted molar refractivity (Wildman–Crippen MR) is 104 cm³/mol. The molecule has 1 fully saturated rings. The lowest BCUT2D eigenvalue weighted by atomic mass is 9.98. The van der Waals surface area contributed by atoms with Crippen molar-refractivity contribution in [2.45, 2.75) is 19.9 Å². The van der Waals surface area contributed by atoms with Gasteiger partial charge in [0.15, 0.2) is 0 Å². The summed E-state index contributed by atoms with van der Waals surface area (Å²) >= 11 is 0. The molecule has 0 radical (unpaired) electrons. The molecule has 1 N–H and O–H groups in total. The predicted octanol–water partition coefficient (Wildman–Crippen LogP) is -0.0344. The van der Waals surface area contributed by atoms with Crippen molar-refractivity contribution in [2.75, 3.05) is 33.2 Å². The highest BCUT2D eigenvalue weighted by Crippen LogP contribution is 2.35. The smallest absolute Gasteiger partial charge is 0.344 e. The Labute approximate surface area is 169 Å². The molecule has 0 atom stereocenters. The third-order valence-corrected chi connectivity index (χ3v) is 5.42. The van der Waals surface area contributed by atoms with Crippen molar-refractivity contribution in [2.24, 2.45) is 0 Å². The first-order valence-electron chi connectivity index (χ1n) is 9.18. The third kappa shape index (κ3) is 3.61. The van der Waals surface area contributed by atoms with Crippen LogP contribution in [0.25, 0.3) is 21.7 Å². The molecular formula is C21H24BrN2O3-. The Hall–Kier alpha value is -1.89. The number of nitrogens with zero attached hydrogens (tertiary/aromatic N) is 2. The van der Waals surface area contributed by atoms with Crippen LogP contribution < -0.4 is 22.6 Å². The Morgan fingerprint density at radius 1 is 1.07 bits per heavy atom. The average Bonchev–Trinajstić information content (AvgIpc) is 2.66. The molecule has 0 unspecified atom stereocenters. The lowest BCUT2D eigenvalue weighted by molar-refractivity contribution is -0.00000675. The van der Waals surface area contributed by atoms with Crippen molar-refractivity contribution in [1.29, 1.82) is 0 Å². The van der Waals surface area contributed by atoms with Crippen LogP contribution in [-0.2, 0) is 13.0 Å². The summed E-state index contributed by atoms with van der Waals surface area (Å²) in [6, 6.07) is 9.48. The average molecular weight is 432 g/mol. The van der Waals surface area contributed by atoms with E-state index in [1.165, 1.54) is 0 Å². The standard InChI is InChI=1S/C21H24N2O3.BrH/c1-3-14-12-17-15-6-4-5-7-16(15)21(25)26-20(17)18(19(14)24)13-23-10-8-22(2)9-11-23;/h4-7,12,24H,3,8-11,13H2,1-2H3;1H/p-1.